The van der Waals surface area contributed by atoms with Crippen LogP contribution in [0, 0.1) is 0 Å². The highest BCUT2D eigenvalue weighted by Crippen LogP contribution is 2.32. The zero-order valence-corrected chi connectivity index (χ0v) is 21.8. The van der Waals surface area contributed by atoms with Crippen LogP contribution in [-0.4, -0.2) is 49.2 Å². The standard InChI is InChI=1S/C29H35N3O4/c1-18-16-32(17-19(2)36-18)27(33)23-12-13-24(22-10-8-7-9-21(22)23)30-28(34)31-25-15-20(29(3,4)5)11-14-26(25)35-6/h7-15,18-19H,16-17H2,1-6H3,(H2,30,31,34)/t18-,19-/m0/s1. The third kappa shape index (κ3) is 5.46. The molecule has 7 nitrogen and oxygen atoms in total. The lowest BCUT2D eigenvalue weighted by Crippen LogP contribution is -2.48. The Bertz CT molecular complexity index is 1270. The number of carbonyl (C=O) groups is 2. The zero-order chi connectivity index (χ0) is 26.0. The lowest BCUT2D eigenvalue weighted by Gasteiger charge is -2.35. The van der Waals surface area contributed by atoms with Gasteiger partial charge in [0.1, 0.15) is 5.75 Å². The monoisotopic (exact) mass is 489 g/mol. The molecule has 2 atom stereocenters. The summed E-state index contributed by atoms with van der Waals surface area (Å²) in [4.78, 5) is 28.3. The first-order valence-corrected chi connectivity index (χ1v) is 12.3. The van der Waals surface area contributed by atoms with Gasteiger partial charge in [0.2, 0.25) is 0 Å². The number of fused-ring (bicyclic) bond motifs is 1. The van der Waals surface area contributed by atoms with E-state index in [0.717, 1.165) is 16.3 Å². The van der Waals surface area contributed by atoms with E-state index in [1.165, 1.54) is 0 Å². The Kier molecular flexibility index (Phi) is 7.22. The van der Waals surface area contributed by atoms with Crippen LogP contribution in [0.3, 0.4) is 0 Å². The van der Waals surface area contributed by atoms with Crippen molar-refractivity contribution in [3.63, 3.8) is 0 Å². The summed E-state index contributed by atoms with van der Waals surface area (Å²) in [5, 5.41) is 7.46. The van der Waals surface area contributed by atoms with Crippen molar-refractivity contribution in [2.45, 2.75) is 52.2 Å². The predicted octanol–water partition coefficient (Wildman–Crippen LogP) is 6.04. The molecule has 3 aromatic carbocycles. The fourth-order valence-electron chi connectivity index (χ4n) is 4.66. The first-order valence-electron chi connectivity index (χ1n) is 12.3. The Hall–Kier alpha value is -3.58. The van der Waals surface area contributed by atoms with Crippen molar-refractivity contribution in [1.29, 1.82) is 0 Å². The summed E-state index contributed by atoms with van der Waals surface area (Å²) in [6.45, 7) is 11.4. The molecular formula is C29H35N3O4. The van der Waals surface area contributed by atoms with Crippen LogP contribution in [0.5, 0.6) is 5.75 Å². The lowest BCUT2D eigenvalue weighted by atomic mass is 9.87. The highest BCUT2D eigenvalue weighted by Gasteiger charge is 2.28. The molecule has 1 aliphatic rings. The Morgan fingerprint density at radius 3 is 2.19 bits per heavy atom. The molecule has 3 aromatic rings. The van der Waals surface area contributed by atoms with Gasteiger partial charge in [-0.1, -0.05) is 51.1 Å². The largest absolute Gasteiger partial charge is 0.495 e. The predicted molar refractivity (Wildman–Crippen MR) is 144 cm³/mol. The van der Waals surface area contributed by atoms with Crippen molar-refractivity contribution < 1.29 is 19.1 Å². The normalized spacial score (nSPS) is 18.1. The summed E-state index contributed by atoms with van der Waals surface area (Å²) in [6, 6.07) is 16.6. The average Bonchev–Trinajstić information content (AvgIpc) is 2.82. The highest BCUT2D eigenvalue weighted by molar-refractivity contribution is 6.13. The summed E-state index contributed by atoms with van der Waals surface area (Å²) in [5.74, 6) is 0.547. The van der Waals surface area contributed by atoms with Crippen LogP contribution in [0.4, 0.5) is 16.2 Å². The second kappa shape index (κ2) is 10.2. The maximum absolute atomic E-state index is 13.4. The van der Waals surface area contributed by atoms with Gasteiger partial charge in [0, 0.05) is 24.0 Å². The van der Waals surface area contributed by atoms with Crippen LogP contribution < -0.4 is 15.4 Å². The summed E-state index contributed by atoms with van der Waals surface area (Å²) < 4.78 is 11.2. The van der Waals surface area contributed by atoms with Crippen molar-refractivity contribution >= 4 is 34.1 Å². The molecule has 0 bridgehead atoms. The van der Waals surface area contributed by atoms with Crippen LogP contribution in [0.25, 0.3) is 10.8 Å². The molecule has 7 heteroatoms. The molecule has 0 spiro atoms. The maximum atomic E-state index is 13.4. The molecule has 4 rings (SSSR count). The van der Waals surface area contributed by atoms with Gasteiger partial charge in [-0.25, -0.2) is 4.79 Å². The SMILES string of the molecule is COc1ccc(C(C)(C)C)cc1NC(=O)Nc1ccc(C(=O)N2C[C@H](C)O[C@@H](C)C2)c2ccccc12. The van der Waals surface area contributed by atoms with E-state index in [0.29, 0.717) is 35.8 Å². The summed E-state index contributed by atoms with van der Waals surface area (Å²) in [6.07, 6.45) is -0.0234. The zero-order valence-electron chi connectivity index (χ0n) is 21.8. The minimum atomic E-state index is -0.389. The van der Waals surface area contributed by atoms with Gasteiger partial charge >= 0.3 is 6.03 Å². The number of ether oxygens (including phenoxy) is 2. The molecule has 0 radical (unpaired) electrons. The molecule has 1 aliphatic heterocycles. The highest BCUT2D eigenvalue weighted by atomic mass is 16.5. The van der Waals surface area contributed by atoms with Gasteiger partial charge in [-0.15, -0.1) is 0 Å². The number of nitrogens with one attached hydrogen (secondary N) is 2. The number of morpholine rings is 1. The molecule has 190 valence electrons. The molecule has 0 aromatic heterocycles. The van der Waals surface area contributed by atoms with E-state index in [4.69, 9.17) is 9.47 Å². The third-order valence-electron chi connectivity index (χ3n) is 6.42. The summed E-state index contributed by atoms with van der Waals surface area (Å²) in [7, 11) is 1.58. The Labute approximate surface area is 212 Å². The first-order chi connectivity index (χ1) is 17.1. The first kappa shape index (κ1) is 25.5. The molecule has 1 saturated heterocycles. The van der Waals surface area contributed by atoms with Crippen LogP contribution in [-0.2, 0) is 10.2 Å². The third-order valence-corrected chi connectivity index (χ3v) is 6.42. The molecule has 0 aliphatic carbocycles. The fourth-order valence-corrected chi connectivity index (χ4v) is 4.66. The molecule has 0 unspecified atom stereocenters. The van der Waals surface area contributed by atoms with E-state index >= 15 is 0 Å². The summed E-state index contributed by atoms with van der Waals surface area (Å²) in [5.41, 5.74) is 2.83. The van der Waals surface area contributed by atoms with Gasteiger partial charge in [0.05, 0.1) is 30.7 Å². The van der Waals surface area contributed by atoms with Crippen molar-refractivity contribution in [1.82, 2.24) is 4.90 Å². The van der Waals surface area contributed by atoms with Crippen LogP contribution in [0.1, 0.15) is 50.5 Å². The number of hydrogen-bond donors (Lipinski definition) is 2. The van der Waals surface area contributed by atoms with Crippen molar-refractivity contribution in [3.05, 3.63) is 65.7 Å². The number of anilines is 2. The molecule has 0 saturated carbocycles. The van der Waals surface area contributed by atoms with Gasteiger partial charge < -0.3 is 25.0 Å². The van der Waals surface area contributed by atoms with Gasteiger partial charge in [0.25, 0.3) is 5.91 Å². The lowest BCUT2D eigenvalue weighted by molar-refractivity contribution is -0.0585. The van der Waals surface area contributed by atoms with Crippen molar-refractivity contribution in [2.75, 3.05) is 30.8 Å². The van der Waals surface area contributed by atoms with Crippen LogP contribution >= 0.6 is 0 Å². The Morgan fingerprint density at radius 2 is 1.56 bits per heavy atom. The van der Waals surface area contributed by atoms with Gasteiger partial charge in [-0.05, 0) is 54.5 Å². The number of rotatable bonds is 4. The second-order valence-electron chi connectivity index (χ2n) is 10.4. The number of urea groups is 1. The topological polar surface area (TPSA) is 79.9 Å². The molecular weight excluding hydrogens is 454 g/mol. The van der Waals surface area contributed by atoms with E-state index in [9.17, 15) is 9.59 Å². The average molecular weight is 490 g/mol. The number of hydrogen-bond acceptors (Lipinski definition) is 4. The number of nitrogens with zero attached hydrogens (tertiary/aromatic N) is 1. The maximum Gasteiger partial charge on any atom is 0.323 e. The van der Waals surface area contributed by atoms with Crippen LogP contribution in [0.15, 0.2) is 54.6 Å². The number of amides is 3. The van der Waals surface area contributed by atoms with Gasteiger partial charge in [-0.2, -0.15) is 0 Å². The quantitative estimate of drug-likeness (QED) is 0.468. The minimum absolute atomic E-state index is 0.0117. The number of methoxy groups -OCH3 is 1. The molecule has 2 N–H and O–H groups in total. The van der Waals surface area contributed by atoms with Crippen molar-refractivity contribution in [2.24, 2.45) is 0 Å². The smallest absolute Gasteiger partial charge is 0.323 e. The molecule has 1 heterocycles. The van der Waals surface area contributed by atoms with Crippen molar-refractivity contribution in [3.8, 4) is 5.75 Å². The van der Waals surface area contributed by atoms with Gasteiger partial charge in [-0.3, -0.25) is 4.79 Å². The number of carbonyl (C=O) groups excluding carboxylic acids is 2. The fraction of sp³-hybridized carbons (Fsp3) is 0.379. The van der Waals surface area contributed by atoms with Crippen LogP contribution in [0.2, 0.25) is 0 Å². The summed E-state index contributed by atoms with van der Waals surface area (Å²) >= 11 is 0. The molecule has 36 heavy (non-hydrogen) atoms. The van der Waals surface area contributed by atoms with E-state index in [1.54, 1.807) is 19.2 Å². The van der Waals surface area contributed by atoms with E-state index in [1.807, 2.05) is 61.2 Å². The molecule has 1 fully saturated rings. The van der Waals surface area contributed by atoms with E-state index < -0.39 is 0 Å². The molecule has 3 amide bonds. The number of benzene rings is 3. The minimum Gasteiger partial charge on any atom is -0.495 e. The van der Waals surface area contributed by atoms with Gasteiger partial charge in [0.15, 0.2) is 0 Å². The Balaban J connectivity index is 1.60. The van der Waals surface area contributed by atoms with E-state index in [2.05, 4.69) is 31.4 Å². The van der Waals surface area contributed by atoms with E-state index in [-0.39, 0.29) is 29.6 Å². The Morgan fingerprint density at radius 1 is 0.917 bits per heavy atom. The second-order valence-corrected chi connectivity index (χ2v) is 10.4.